The quantitative estimate of drug-likeness (QED) is 0.768. The lowest BCUT2D eigenvalue weighted by atomic mass is 10.1. The fourth-order valence-electron chi connectivity index (χ4n) is 1.42. The number of nitrogens with zero attached hydrogens (tertiary/aromatic N) is 3. The lowest BCUT2D eigenvalue weighted by molar-refractivity contribution is -0.142. The molecule has 1 saturated carbocycles. The summed E-state index contributed by atoms with van der Waals surface area (Å²) in [4.78, 5) is 10.9. The van der Waals surface area contributed by atoms with Gasteiger partial charge in [-0.3, -0.25) is 4.79 Å². The van der Waals surface area contributed by atoms with E-state index < -0.39 is 11.4 Å². The first-order valence-electron chi connectivity index (χ1n) is 4.87. The monoisotopic (exact) mass is 218 g/mol. The Morgan fingerprint density at radius 3 is 3.00 bits per heavy atom. The second kappa shape index (κ2) is 3.77. The lowest BCUT2D eigenvalue weighted by Crippen LogP contribution is -2.25. The van der Waals surface area contributed by atoms with Crippen LogP contribution in [0.15, 0.2) is 12.3 Å². The highest BCUT2D eigenvalue weighted by molar-refractivity contribution is 5.78. The molecule has 2 N–H and O–H groups in total. The molecule has 0 bridgehead atoms. The van der Waals surface area contributed by atoms with Gasteiger partial charge in [-0.25, -0.2) is 0 Å². The van der Waals surface area contributed by atoms with Gasteiger partial charge in [0.05, 0.1) is 17.2 Å². The van der Waals surface area contributed by atoms with Crippen molar-refractivity contribution in [2.45, 2.75) is 12.8 Å². The molecule has 2 rings (SSSR count). The molecule has 0 spiro atoms. The van der Waals surface area contributed by atoms with Gasteiger partial charge in [-0.1, -0.05) is 0 Å². The third kappa shape index (κ3) is 1.80. The van der Waals surface area contributed by atoms with Crippen molar-refractivity contribution in [2.24, 2.45) is 5.41 Å². The first-order chi connectivity index (χ1) is 7.68. The van der Waals surface area contributed by atoms with Gasteiger partial charge in [0.15, 0.2) is 5.82 Å². The van der Waals surface area contributed by atoms with Crippen LogP contribution < -0.4 is 5.32 Å². The number of aromatic nitrogens is 2. The van der Waals surface area contributed by atoms with Crippen LogP contribution in [0, 0.1) is 16.7 Å². The zero-order valence-corrected chi connectivity index (χ0v) is 8.47. The van der Waals surface area contributed by atoms with Crippen molar-refractivity contribution in [3.63, 3.8) is 0 Å². The SMILES string of the molecule is N#Cc1ccnnc1NCC1(C(=O)O)CC1. The molecule has 16 heavy (non-hydrogen) atoms. The largest absolute Gasteiger partial charge is 0.481 e. The van der Waals surface area contributed by atoms with Gasteiger partial charge >= 0.3 is 5.97 Å². The number of rotatable bonds is 4. The molecular weight excluding hydrogens is 208 g/mol. The third-order valence-electron chi connectivity index (χ3n) is 2.74. The summed E-state index contributed by atoms with van der Waals surface area (Å²) in [5, 5.41) is 28.0. The molecule has 1 aliphatic carbocycles. The first kappa shape index (κ1) is 10.4. The fraction of sp³-hybridized carbons (Fsp3) is 0.400. The number of carboxylic acids is 1. The maximum absolute atomic E-state index is 10.9. The Morgan fingerprint density at radius 1 is 1.69 bits per heavy atom. The summed E-state index contributed by atoms with van der Waals surface area (Å²) >= 11 is 0. The van der Waals surface area contributed by atoms with Crippen LogP contribution in [0.25, 0.3) is 0 Å². The van der Waals surface area contributed by atoms with Crippen LogP contribution in [-0.2, 0) is 4.79 Å². The van der Waals surface area contributed by atoms with E-state index in [1.807, 2.05) is 6.07 Å². The van der Waals surface area contributed by atoms with Gasteiger partial charge in [0.25, 0.3) is 0 Å². The van der Waals surface area contributed by atoms with Gasteiger partial charge in [0, 0.05) is 6.54 Å². The maximum Gasteiger partial charge on any atom is 0.311 e. The summed E-state index contributed by atoms with van der Waals surface area (Å²) < 4.78 is 0. The number of hydrogen-bond acceptors (Lipinski definition) is 5. The average Bonchev–Trinajstić information content (AvgIpc) is 3.08. The molecule has 6 heteroatoms. The van der Waals surface area contributed by atoms with Crippen LogP contribution in [0.4, 0.5) is 5.82 Å². The zero-order valence-electron chi connectivity index (χ0n) is 8.47. The second-order valence-electron chi connectivity index (χ2n) is 3.84. The number of nitrogens with one attached hydrogen (secondary N) is 1. The highest BCUT2D eigenvalue weighted by Gasteiger charge is 2.50. The number of aliphatic carboxylic acids is 1. The van der Waals surface area contributed by atoms with Crippen LogP contribution in [0.3, 0.4) is 0 Å². The number of hydrogen-bond donors (Lipinski definition) is 2. The maximum atomic E-state index is 10.9. The number of nitriles is 1. The van der Waals surface area contributed by atoms with E-state index in [4.69, 9.17) is 10.4 Å². The predicted octanol–water partition coefficient (Wildman–Crippen LogP) is 0.625. The summed E-state index contributed by atoms with van der Waals surface area (Å²) in [7, 11) is 0. The summed E-state index contributed by atoms with van der Waals surface area (Å²) in [5.41, 5.74) is -0.305. The van der Waals surface area contributed by atoms with Crippen LogP contribution >= 0.6 is 0 Å². The van der Waals surface area contributed by atoms with E-state index in [1.165, 1.54) is 12.3 Å². The molecule has 0 aliphatic heterocycles. The van der Waals surface area contributed by atoms with Crippen LogP contribution in [-0.4, -0.2) is 27.8 Å². The average molecular weight is 218 g/mol. The molecule has 1 fully saturated rings. The van der Waals surface area contributed by atoms with E-state index in [9.17, 15) is 4.79 Å². The van der Waals surface area contributed by atoms with Crippen molar-refractivity contribution >= 4 is 11.8 Å². The van der Waals surface area contributed by atoms with Crippen LogP contribution in [0.1, 0.15) is 18.4 Å². The topological polar surface area (TPSA) is 98.9 Å². The van der Waals surface area contributed by atoms with Crippen molar-refractivity contribution in [1.82, 2.24) is 10.2 Å². The smallest absolute Gasteiger partial charge is 0.311 e. The van der Waals surface area contributed by atoms with Crippen molar-refractivity contribution in [3.05, 3.63) is 17.8 Å². The van der Waals surface area contributed by atoms with E-state index in [0.717, 1.165) is 0 Å². The van der Waals surface area contributed by atoms with E-state index >= 15 is 0 Å². The molecule has 82 valence electrons. The summed E-state index contributed by atoms with van der Waals surface area (Å²) in [6.07, 6.45) is 2.75. The molecule has 6 nitrogen and oxygen atoms in total. The zero-order chi connectivity index (χ0) is 11.6. The van der Waals surface area contributed by atoms with Gasteiger partial charge in [-0.05, 0) is 18.9 Å². The molecule has 0 saturated heterocycles. The molecule has 1 aliphatic rings. The van der Waals surface area contributed by atoms with Crippen molar-refractivity contribution in [2.75, 3.05) is 11.9 Å². The Balaban J connectivity index is 2.06. The van der Waals surface area contributed by atoms with E-state index in [1.54, 1.807) is 0 Å². The van der Waals surface area contributed by atoms with Gasteiger partial charge in [-0.15, -0.1) is 5.10 Å². The molecule has 0 unspecified atom stereocenters. The van der Waals surface area contributed by atoms with Gasteiger partial charge in [0.1, 0.15) is 6.07 Å². The van der Waals surface area contributed by atoms with Gasteiger partial charge in [0.2, 0.25) is 0 Å². The predicted molar refractivity (Wildman–Crippen MR) is 54.5 cm³/mol. The Bertz CT molecular complexity index is 462. The van der Waals surface area contributed by atoms with E-state index in [0.29, 0.717) is 24.2 Å². The second-order valence-corrected chi connectivity index (χ2v) is 3.84. The molecule has 0 amide bonds. The van der Waals surface area contributed by atoms with E-state index in [2.05, 4.69) is 15.5 Å². The van der Waals surface area contributed by atoms with Gasteiger partial charge < -0.3 is 10.4 Å². The lowest BCUT2D eigenvalue weighted by Gasteiger charge is -2.11. The van der Waals surface area contributed by atoms with Crippen molar-refractivity contribution in [1.29, 1.82) is 5.26 Å². The first-order valence-corrected chi connectivity index (χ1v) is 4.87. The molecule has 1 aromatic rings. The highest BCUT2D eigenvalue weighted by Crippen LogP contribution is 2.45. The number of anilines is 1. The normalized spacial score (nSPS) is 16.2. The fourth-order valence-corrected chi connectivity index (χ4v) is 1.42. The Labute approximate surface area is 91.9 Å². The number of carbonyl (C=O) groups is 1. The highest BCUT2D eigenvalue weighted by atomic mass is 16.4. The summed E-state index contributed by atoms with van der Waals surface area (Å²) in [6, 6.07) is 3.51. The molecule has 0 aromatic carbocycles. The summed E-state index contributed by atoms with van der Waals surface area (Å²) in [5.74, 6) is -0.458. The Hall–Kier alpha value is -2.16. The molecule has 0 radical (unpaired) electrons. The minimum Gasteiger partial charge on any atom is -0.481 e. The van der Waals surface area contributed by atoms with Crippen LogP contribution in [0.2, 0.25) is 0 Å². The molecular formula is C10H10N4O2. The third-order valence-corrected chi connectivity index (χ3v) is 2.74. The van der Waals surface area contributed by atoms with Crippen molar-refractivity contribution in [3.8, 4) is 6.07 Å². The minimum absolute atomic E-state index is 0.287. The molecule has 1 aromatic heterocycles. The Kier molecular flexibility index (Phi) is 2.44. The Morgan fingerprint density at radius 2 is 2.44 bits per heavy atom. The molecule has 0 atom stereocenters. The molecule has 1 heterocycles. The van der Waals surface area contributed by atoms with Gasteiger partial charge in [-0.2, -0.15) is 10.4 Å². The van der Waals surface area contributed by atoms with E-state index in [-0.39, 0.29) is 6.54 Å². The number of carboxylic acid groups (broad SMARTS) is 1. The summed E-state index contributed by atoms with van der Waals surface area (Å²) in [6.45, 7) is 0.287. The van der Waals surface area contributed by atoms with Crippen molar-refractivity contribution < 1.29 is 9.90 Å². The standard InChI is InChI=1S/C10H10N4O2/c11-5-7-1-4-13-14-8(7)12-6-10(2-3-10)9(15)16/h1,4H,2-3,6H2,(H,12,14)(H,15,16). The van der Waals surface area contributed by atoms with Crippen LogP contribution in [0.5, 0.6) is 0 Å². The minimum atomic E-state index is -0.803.